The lowest BCUT2D eigenvalue weighted by Crippen LogP contribution is -2.17. The van der Waals surface area contributed by atoms with E-state index in [4.69, 9.17) is 9.47 Å². The first-order valence-corrected chi connectivity index (χ1v) is 5.95. The average molecular weight is 265 g/mol. The van der Waals surface area contributed by atoms with Crippen LogP contribution in [0.4, 0.5) is 5.69 Å². The molecule has 0 saturated heterocycles. The third-order valence-electron chi connectivity index (χ3n) is 2.61. The molecule has 0 bridgehead atoms. The number of ether oxygens (including phenoxy) is 3. The summed E-state index contributed by atoms with van der Waals surface area (Å²) in [5.41, 5.74) is 0.610. The molecule has 0 aliphatic carbocycles. The molecule has 0 saturated carbocycles. The van der Waals surface area contributed by atoms with Crippen LogP contribution in [0.5, 0.6) is 11.5 Å². The van der Waals surface area contributed by atoms with E-state index in [-0.39, 0.29) is 18.7 Å². The van der Waals surface area contributed by atoms with E-state index in [9.17, 15) is 9.59 Å². The number of methoxy groups -OCH3 is 1. The number of hydrogen-bond donors (Lipinski definition) is 1. The summed E-state index contributed by atoms with van der Waals surface area (Å²) in [4.78, 5) is 22.5. The van der Waals surface area contributed by atoms with E-state index < -0.39 is 5.97 Å². The average Bonchev–Trinajstić information content (AvgIpc) is 2.44. The zero-order valence-corrected chi connectivity index (χ0v) is 10.6. The molecule has 1 heterocycles. The number of fused-ring (bicyclic) bond motifs is 1. The Kier molecular flexibility index (Phi) is 4.22. The molecular formula is C13H15NO5. The molecule has 1 aliphatic heterocycles. The lowest BCUT2D eigenvalue weighted by atomic mass is 10.2. The van der Waals surface area contributed by atoms with Gasteiger partial charge in [-0.2, -0.15) is 0 Å². The topological polar surface area (TPSA) is 73.9 Å². The van der Waals surface area contributed by atoms with E-state index in [1.54, 1.807) is 18.2 Å². The van der Waals surface area contributed by atoms with Gasteiger partial charge in [0.05, 0.1) is 13.5 Å². The van der Waals surface area contributed by atoms with Gasteiger partial charge in [-0.05, 0) is 12.1 Å². The van der Waals surface area contributed by atoms with E-state index in [0.29, 0.717) is 30.4 Å². The molecule has 0 radical (unpaired) electrons. The second-order valence-electron chi connectivity index (χ2n) is 3.98. The highest BCUT2D eigenvalue weighted by Crippen LogP contribution is 2.32. The van der Waals surface area contributed by atoms with Gasteiger partial charge < -0.3 is 19.5 Å². The van der Waals surface area contributed by atoms with Gasteiger partial charge in [-0.15, -0.1) is 0 Å². The van der Waals surface area contributed by atoms with Crippen molar-refractivity contribution in [3.05, 3.63) is 18.2 Å². The highest BCUT2D eigenvalue weighted by Gasteiger charge is 2.13. The van der Waals surface area contributed by atoms with Gasteiger partial charge in [0.15, 0.2) is 11.5 Å². The first-order chi connectivity index (χ1) is 9.19. The summed E-state index contributed by atoms with van der Waals surface area (Å²) in [5.74, 6) is 0.621. The zero-order chi connectivity index (χ0) is 13.7. The van der Waals surface area contributed by atoms with Crippen molar-refractivity contribution in [1.82, 2.24) is 0 Å². The minimum Gasteiger partial charge on any atom is -0.486 e. The van der Waals surface area contributed by atoms with Gasteiger partial charge in [0.25, 0.3) is 0 Å². The summed E-state index contributed by atoms with van der Waals surface area (Å²) in [6, 6.07) is 5.17. The van der Waals surface area contributed by atoms with Crippen molar-refractivity contribution in [2.45, 2.75) is 12.8 Å². The monoisotopic (exact) mass is 265 g/mol. The number of carbonyl (C=O) groups excluding carboxylic acids is 2. The lowest BCUT2D eigenvalue weighted by Gasteiger charge is -2.18. The number of nitrogens with one attached hydrogen (secondary N) is 1. The number of hydrogen-bond acceptors (Lipinski definition) is 5. The number of carbonyl (C=O) groups is 2. The minimum atomic E-state index is -0.405. The van der Waals surface area contributed by atoms with E-state index in [1.165, 1.54) is 7.11 Å². The molecule has 1 N–H and O–H groups in total. The summed E-state index contributed by atoms with van der Waals surface area (Å²) >= 11 is 0. The fraction of sp³-hybridized carbons (Fsp3) is 0.385. The van der Waals surface area contributed by atoms with Crippen LogP contribution >= 0.6 is 0 Å². The summed E-state index contributed by atoms with van der Waals surface area (Å²) < 4.78 is 15.3. The Morgan fingerprint density at radius 3 is 2.68 bits per heavy atom. The van der Waals surface area contributed by atoms with Crippen molar-refractivity contribution in [3.8, 4) is 11.5 Å². The molecular weight excluding hydrogens is 250 g/mol. The number of amides is 1. The molecule has 1 aromatic carbocycles. The minimum absolute atomic E-state index is 0.0624. The summed E-state index contributed by atoms with van der Waals surface area (Å²) in [6.45, 7) is 1.02. The number of benzene rings is 1. The molecule has 0 fully saturated rings. The Bertz CT molecular complexity index is 486. The normalized spacial score (nSPS) is 12.7. The van der Waals surface area contributed by atoms with Crippen molar-refractivity contribution in [1.29, 1.82) is 0 Å². The predicted octanol–water partition coefficient (Wildman–Crippen LogP) is 1.35. The van der Waals surface area contributed by atoms with Crippen molar-refractivity contribution in [2.75, 3.05) is 25.6 Å². The third-order valence-corrected chi connectivity index (χ3v) is 2.61. The van der Waals surface area contributed by atoms with Crippen LogP contribution in [0.15, 0.2) is 18.2 Å². The van der Waals surface area contributed by atoms with Crippen LogP contribution in [0, 0.1) is 0 Å². The second-order valence-corrected chi connectivity index (χ2v) is 3.98. The molecule has 0 spiro atoms. The van der Waals surface area contributed by atoms with Crippen LogP contribution in [0.2, 0.25) is 0 Å². The first-order valence-electron chi connectivity index (χ1n) is 5.95. The quantitative estimate of drug-likeness (QED) is 0.832. The van der Waals surface area contributed by atoms with Gasteiger partial charge in [0.1, 0.15) is 13.2 Å². The Labute approximate surface area is 110 Å². The first kappa shape index (κ1) is 13.2. The Hall–Kier alpha value is -2.24. The molecule has 102 valence electrons. The van der Waals surface area contributed by atoms with Crippen LogP contribution in [0.1, 0.15) is 12.8 Å². The van der Waals surface area contributed by atoms with Crippen molar-refractivity contribution < 1.29 is 23.8 Å². The van der Waals surface area contributed by atoms with Gasteiger partial charge in [0.2, 0.25) is 5.91 Å². The summed E-state index contributed by atoms with van der Waals surface area (Å²) in [6.07, 6.45) is 0.147. The van der Waals surface area contributed by atoms with E-state index in [1.807, 2.05) is 0 Å². The summed E-state index contributed by atoms with van der Waals surface area (Å²) in [7, 11) is 1.29. The van der Waals surface area contributed by atoms with Gasteiger partial charge >= 0.3 is 5.97 Å². The number of esters is 1. The highest BCUT2D eigenvalue weighted by molar-refractivity contribution is 5.92. The van der Waals surface area contributed by atoms with Gasteiger partial charge in [-0.3, -0.25) is 9.59 Å². The van der Waals surface area contributed by atoms with Crippen molar-refractivity contribution in [3.63, 3.8) is 0 Å². The molecule has 2 rings (SSSR count). The van der Waals surface area contributed by atoms with Crippen molar-refractivity contribution in [2.24, 2.45) is 0 Å². The molecule has 1 amide bonds. The second kappa shape index (κ2) is 6.08. The molecule has 0 atom stereocenters. The SMILES string of the molecule is COC(=O)CCC(=O)Nc1ccc2c(c1)OCCO2. The zero-order valence-electron chi connectivity index (χ0n) is 10.6. The van der Waals surface area contributed by atoms with Crippen LogP contribution in [0.3, 0.4) is 0 Å². The molecule has 0 unspecified atom stereocenters. The van der Waals surface area contributed by atoms with Crippen LogP contribution < -0.4 is 14.8 Å². The maximum atomic E-state index is 11.6. The standard InChI is InChI=1S/C13H15NO5/c1-17-13(16)5-4-12(15)14-9-2-3-10-11(8-9)19-7-6-18-10/h2-3,8H,4-7H2,1H3,(H,14,15). The van der Waals surface area contributed by atoms with Gasteiger partial charge in [-0.25, -0.2) is 0 Å². The van der Waals surface area contributed by atoms with Gasteiger partial charge in [0, 0.05) is 18.2 Å². The van der Waals surface area contributed by atoms with E-state index in [0.717, 1.165) is 0 Å². The third kappa shape index (κ3) is 3.61. The maximum absolute atomic E-state index is 11.6. The van der Waals surface area contributed by atoms with Crippen LogP contribution in [-0.2, 0) is 14.3 Å². The Morgan fingerprint density at radius 2 is 1.95 bits per heavy atom. The Morgan fingerprint density at radius 1 is 1.21 bits per heavy atom. The van der Waals surface area contributed by atoms with Gasteiger partial charge in [-0.1, -0.05) is 0 Å². The largest absolute Gasteiger partial charge is 0.486 e. The fourth-order valence-corrected chi connectivity index (χ4v) is 1.66. The highest BCUT2D eigenvalue weighted by atomic mass is 16.6. The molecule has 6 heteroatoms. The van der Waals surface area contributed by atoms with Crippen LogP contribution in [-0.4, -0.2) is 32.2 Å². The molecule has 0 aromatic heterocycles. The maximum Gasteiger partial charge on any atom is 0.306 e. The van der Waals surface area contributed by atoms with E-state index in [2.05, 4.69) is 10.1 Å². The van der Waals surface area contributed by atoms with Crippen LogP contribution in [0.25, 0.3) is 0 Å². The van der Waals surface area contributed by atoms with E-state index >= 15 is 0 Å². The number of anilines is 1. The summed E-state index contributed by atoms with van der Waals surface area (Å²) in [5, 5.41) is 2.69. The molecule has 6 nitrogen and oxygen atoms in total. The Balaban J connectivity index is 1.92. The molecule has 1 aromatic rings. The molecule has 1 aliphatic rings. The predicted molar refractivity (Wildman–Crippen MR) is 67.3 cm³/mol. The smallest absolute Gasteiger partial charge is 0.306 e. The lowest BCUT2D eigenvalue weighted by molar-refractivity contribution is -0.141. The van der Waals surface area contributed by atoms with Crippen molar-refractivity contribution >= 4 is 17.6 Å². The molecule has 19 heavy (non-hydrogen) atoms. The fourth-order valence-electron chi connectivity index (χ4n) is 1.66. The number of rotatable bonds is 4.